The number of anilines is 2. The predicted octanol–water partition coefficient (Wildman–Crippen LogP) is 5.32. The Morgan fingerprint density at radius 1 is 0.927 bits per heavy atom. The maximum Gasteiger partial charge on any atom is 0.417 e. The summed E-state index contributed by atoms with van der Waals surface area (Å²) in [4.78, 5) is 41.0. The topological polar surface area (TPSA) is 122 Å². The van der Waals surface area contributed by atoms with E-state index in [0.29, 0.717) is 22.5 Å². The molecule has 208 valence electrons. The first-order chi connectivity index (χ1) is 19.5. The number of carbonyl (C=O) groups excluding carboxylic acids is 2. The highest BCUT2D eigenvalue weighted by Gasteiger charge is 2.34. The van der Waals surface area contributed by atoms with Gasteiger partial charge in [-0.1, -0.05) is 42.5 Å². The van der Waals surface area contributed by atoms with Gasteiger partial charge in [-0.05, 0) is 47.5 Å². The lowest BCUT2D eigenvalue weighted by molar-refractivity contribution is -0.137. The van der Waals surface area contributed by atoms with E-state index in [2.05, 4.69) is 15.6 Å². The number of nitrogen functional groups attached to an aromatic ring is 1. The molecule has 0 atom stereocenters. The van der Waals surface area contributed by atoms with Crippen LogP contribution in [0.5, 0.6) is 0 Å². The minimum Gasteiger partial charge on any atom is -0.397 e. The molecule has 0 aliphatic heterocycles. The van der Waals surface area contributed by atoms with Crippen molar-refractivity contribution in [3.63, 3.8) is 0 Å². The van der Waals surface area contributed by atoms with Crippen LogP contribution < -0.4 is 21.9 Å². The van der Waals surface area contributed by atoms with Crippen molar-refractivity contribution >= 4 is 34.1 Å². The van der Waals surface area contributed by atoms with Crippen molar-refractivity contribution in [1.82, 2.24) is 14.9 Å². The monoisotopic (exact) mass is 559 g/mol. The molecule has 0 aliphatic rings. The molecular weight excluding hydrogens is 535 g/mol. The molecule has 2 aromatic heterocycles. The minimum absolute atomic E-state index is 0.0153. The van der Waals surface area contributed by atoms with Gasteiger partial charge >= 0.3 is 6.18 Å². The molecule has 0 fully saturated rings. The van der Waals surface area contributed by atoms with E-state index in [1.54, 1.807) is 48.5 Å². The van der Waals surface area contributed by atoms with Gasteiger partial charge < -0.3 is 25.9 Å². The van der Waals surface area contributed by atoms with E-state index in [1.807, 2.05) is 0 Å². The summed E-state index contributed by atoms with van der Waals surface area (Å²) >= 11 is 0. The molecule has 0 saturated heterocycles. The number of aryl methyl sites for hydroxylation is 1. The Bertz CT molecular complexity index is 1840. The second-order valence-corrected chi connectivity index (χ2v) is 9.39. The second kappa shape index (κ2) is 10.7. The third kappa shape index (κ3) is 5.55. The third-order valence-electron chi connectivity index (χ3n) is 6.61. The number of pyridine rings is 1. The second-order valence-electron chi connectivity index (χ2n) is 9.39. The molecule has 0 saturated carbocycles. The number of hydrogen-bond acceptors (Lipinski definition) is 4. The van der Waals surface area contributed by atoms with Gasteiger partial charge in [-0.2, -0.15) is 13.2 Å². The van der Waals surface area contributed by atoms with Crippen LogP contribution in [0, 0.1) is 0 Å². The van der Waals surface area contributed by atoms with Crippen LogP contribution in [0.1, 0.15) is 32.0 Å². The SMILES string of the molecule is Cn1cc(-c2ccccc2C(F)(F)F)c2cc(C(=O)NCc3ccc(C(=O)Nc4ccccc4N)cc3)[nH]c2c1=O. The van der Waals surface area contributed by atoms with Crippen LogP contribution in [0.4, 0.5) is 24.5 Å². The lowest BCUT2D eigenvalue weighted by Gasteiger charge is -2.14. The number of amides is 2. The quantitative estimate of drug-likeness (QED) is 0.211. The number of halogens is 3. The number of para-hydroxylation sites is 2. The van der Waals surface area contributed by atoms with Crippen LogP contribution in [0.15, 0.2) is 89.9 Å². The number of hydrogen-bond donors (Lipinski definition) is 4. The Labute approximate surface area is 231 Å². The molecule has 11 heteroatoms. The van der Waals surface area contributed by atoms with E-state index >= 15 is 0 Å². The third-order valence-corrected chi connectivity index (χ3v) is 6.61. The van der Waals surface area contributed by atoms with Gasteiger partial charge in [-0.3, -0.25) is 14.4 Å². The van der Waals surface area contributed by atoms with Crippen molar-refractivity contribution in [3.8, 4) is 11.1 Å². The lowest BCUT2D eigenvalue weighted by Crippen LogP contribution is -2.23. The van der Waals surface area contributed by atoms with Crippen LogP contribution in [-0.4, -0.2) is 21.4 Å². The largest absolute Gasteiger partial charge is 0.417 e. The number of H-pyrrole nitrogens is 1. The number of aromatic nitrogens is 2. The number of nitrogens with one attached hydrogen (secondary N) is 3. The van der Waals surface area contributed by atoms with Gasteiger partial charge in [0.2, 0.25) is 0 Å². The Morgan fingerprint density at radius 2 is 1.61 bits per heavy atom. The molecule has 0 spiro atoms. The van der Waals surface area contributed by atoms with Gasteiger partial charge in [0.1, 0.15) is 11.2 Å². The Kier molecular flexibility index (Phi) is 7.10. The van der Waals surface area contributed by atoms with E-state index in [9.17, 15) is 27.6 Å². The first kappa shape index (κ1) is 27.3. The maximum atomic E-state index is 13.7. The van der Waals surface area contributed by atoms with Crippen LogP contribution in [-0.2, 0) is 19.8 Å². The summed E-state index contributed by atoms with van der Waals surface area (Å²) in [7, 11) is 1.43. The normalized spacial score (nSPS) is 11.4. The summed E-state index contributed by atoms with van der Waals surface area (Å²) in [6.45, 7) is 0.101. The summed E-state index contributed by atoms with van der Waals surface area (Å²) < 4.78 is 42.3. The molecule has 0 unspecified atom stereocenters. The van der Waals surface area contributed by atoms with Crippen molar-refractivity contribution in [2.75, 3.05) is 11.1 Å². The van der Waals surface area contributed by atoms with Gasteiger partial charge in [-0.25, -0.2) is 0 Å². The van der Waals surface area contributed by atoms with Crippen LogP contribution in [0.25, 0.3) is 22.0 Å². The summed E-state index contributed by atoms with van der Waals surface area (Å²) in [5.41, 5.74) is 6.64. The van der Waals surface area contributed by atoms with Gasteiger partial charge in [0, 0.05) is 36.3 Å². The van der Waals surface area contributed by atoms with Crippen LogP contribution in [0.2, 0.25) is 0 Å². The molecule has 41 heavy (non-hydrogen) atoms. The molecule has 2 heterocycles. The van der Waals surface area contributed by atoms with Gasteiger partial charge in [-0.15, -0.1) is 0 Å². The smallest absolute Gasteiger partial charge is 0.397 e. The Balaban J connectivity index is 1.35. The summed E-state index contributed by atoms with van der Waals surface area (Å²) in [5, 5.41) is 5.66. The lowest BCUT2D eigenvalue weighted by atomic mass is 9.98. The average Bonchev–Trinajstić information content (AvgIpc) is 3.41. The molecule has 2 amide bonds. The predicted molar refractivity (Wildman–Crippen MR) is 150 cm³/mol. The van der Waals surface area contributed by atoms with E-state index in [1.165, 1.54) is 42.1 Å². The van der Waals surface area contributed by atoms with Crippen molar-refractivity contribution in [2.24, 2.45) is 7.05 Å². The first-order valence-electron chi connectivity index (χ1n) is 12.4. The summed E-state index contributed by atoms with van der Waals surface area (Å²) in [6, 6.07) is 19.9. The Morgan fingerprint density at radius 3 is 2.32 bits per heavy atom. The van der Waals surface area contributed by atoms with Gasteiger partial charge in [0.05, 0.1) is 16.9 Å². The fraction of sp³-hybridized carbons (Fsp3) is 0.100. The number of aromatic amines is 1. The highest BCUT2D eigenvalue weighted by Crippen LogP contribution is 2.39. The number of rotatable bonds is 6. The number of fused-ring (bicyclic) bond motifs is 1. The number of alkyl halides is 3. The summed E-state index contributed by atoms with van der Waals surface area (Å²) in [5.74, 6) is -0.902. The molecule has 8 nitrogen and oxygen atoms in total. The van der Waals surface area contributed by atoms with E-state index in [4.69, 9.17) is 5.73 Å². The molecule has 0 aliphatic carbocycles. The minimum atomic E-state index is -4.61. The Hall–Kier alpha value is -5.32. The van der Waals surface area contributed by atoms with E-state index < -0.39 is 23.2 Å². The number of carbonyl (C=O) groups is 2. The first-order valence-corrected chi connectivity index (χ1v) is 12.4. The van der Waals surface area contributed by atoms with Crippen LogP contribution >= 0.6 is 0 Å². The highest BCUT2D eigenvalue weighted by atomic mass is 19.4. The fourth-order valence-electron chi connectivity index (χ4n) is 4.49. The zero-order chi connectivity index (χ0) is 29.3. The zero-order valence-electron chi connectivity index (χ0n) is 21.7. The highest BCUT2D eigenvalue weighted by molar-refractivity contribution is 6.06. The summed E-state index contributed by atoms with van der Waals surface area (Å²) in [6.07, 6.45) is -3.28. The molecule has 0 radical (unpaired) electrons. The molecule has 5 N–H and O–H groups in total. The molecule has 5 aromatic rings. The van der Waals surface area contributed by atoms with Gasteiger partial charge in [0.25, 0.3) is 17.4 Å². The van der Waals surface area contributed by atoms with Crippen molar-refractivity contribution in [2.45, 2.75) is 12.7 Å². The maximum absolute atomic E-state index is 13.7. The molecular formula is C30H24F3N5O3. The zero-order valence-corrected chi connectivity index (χ0v) is 21.7. The standard InChI is InChI=1S/C30H24F3N5O3/c1-38-16-21(19-6-2-3-7-22(19)30(31,32)33)20-14-25(36-26(20)29(38)41)28(40)35-15-17-10-12-18(13-11-17)27(39)37-24-9-5-4-8-23(24)34/h2-14,16,36H,15,34H2,1H3,(H,35,40)(H,37,39). The number of nitrogens with zero attached hydrogens (tertiary/aromatic N) is 1. The van der Waals surface area contributed by atoms with Crippen molar-refractivity contribution < 1.29 is 22.8 Å². The fourth-order valence-corrected chi connectivity index (χ4v) is 4.49. The number of nitrogens with two attached hydrogens (primary N) is 1. The molecule has 3 aromatic carbocycles. The van der Waals surface area contributed by atoms with Crippen LogP contribution in [0.3, 0.4) is 0 Å². The number of benzene rings is 3. The van der Waals surface area contributed by atoms with E-state index in [0.717, 1.165) is 6.07 Å². The van der Waals surface area contributed by atoms with Crippen molar-refractivity contribution in [1.29, 1.82) is 0 Å². The molecule has 5 rings (SSSR count). The van der Waals surface area contributed by atoms with E-state index in [-0.39, 0.29) is 40.2 Å². The van der Waals surface area contributed by atoms with Gasteiger partial charge in [0.15, 0.2) is 0 Å². The molecule has 0 bridgehead atoms. The average molecular weight is 560 g/mol. The van der Waals surface area contributed by atoms with Crippen molar-refractivity contribution in [3.05, 3.63) is 118 Å².